The van der Waals surface area contributed by atoms with Crippen LogP contribution in [-0.4, -0.2) is 51.4 Å². The average Bonchev–Trinajstić information content (AvgIpc) is 3.11. The summed E-state index contributed by atoms with van der Waals surface area (Å²) < 4.78 is 13.3. The molecule has 7 nitrogen and oxygen atoms in total. The first-order chi connectivity index (χ1) is 11.3. The zero-order chi connectivity index (χ0) is 16.1. The van der Waals surface area contributed by atoms with Gasteiger partial charge in [0.2, 0.25) is 5.91 Å². The van der Waals surface area contributed by atoms with Crippen LogP contribution in [0, 0.1) is 0 Å². The molecule has 0 radical (unpaired) electrons. The summed E-state index contributed by atoms with van der Waals surface area (Å²) >= 11 is 0. The molecule has 3 rings (SSSR count). The molecule has 0 unspecified atom stereocenters. The van der Waals surface area contributed by atoms with Crippen molar-refractivity contribution in [3.63, 3.8) is 0 Å². The van der Waals surface area contributed by atoms with Gasteiger partial charge in [0.15, 0.2) is 17.6 Å². The van der Waals surface area contributed by atoms with Gasteiger partial charge in [-0.2, -0.15) is 5.10 Å². The van der Waals surface area contributed by atoms with E-state index in [1.807, 2.05) is 31.2 Å². The zero-order valence-corrected chi connectivity index (χ0v) is 13.1. The number of likely N-dealkylation sites (N-methyl/N-ethyl adjacent to an activating group) is 1. The Hall–Kier alpha value is -2.57. The van der Waals surface area contributed by atoms with Gasteiger partial charge in [0.25, 0.3) is 0 Å². The summed E-state index contributed by atoms with van der Waals surface area (Å²) in [6.07, 6.45) is 3.31. The van der Waals surface area contributed by atoms with Gasteiger partial charge in [0.1, 0.15) is 19.3 Å². The molecule has 1 atom stereocenters. The van der Waals surface area contributed by atoms with Gasteiger partial charge in [0, 0.05) is 13.0 Å². The lowest BCUT2D eigenvalue weighted by molar-refractivity contribution is -0.132. The molecular weight excluding hydrogens is 296 g/mol. The quantitative estimate of drug-likeness (QED) is 0.805. The monoisotopic (exact) mass is 316 g/mol. The second-order valence-electron chi connectivity index (χ2n) is 5.34. The van der Waals surface area contributed by atoms with Gasteiger partial charge in [-0.3, -0.25) is 9.48 Å². The number of hydrogen-bond acceptors (Lipinski definition) is 5. The number of carbonyl (C=O) groups excluding carboxylic acids is 1. The Balaban J connectivity index is 1.54. The highest BCUT2D eigenvalue weighted by molar-refractivity contribution is 5.76. The normalized spacial score (nSPS) is 16.1. The van der Waals surface area contributed by atoms with Crippen LogP contribution in [0.2, 0.25) is 0 Å². The molecule has 1 amide bonds. The highest BCUT2D eigenvalue weighted by Crippen LogP contribution is 2.31. The van der Waals surface area contributed by atoms with Gasteiger partial charge < -0.3 is 14.4 Å². The van der Waals surface area contributed by atoms with Crippen molar-refractivity contribution in [2.24, 2.45) is 0 Å². The highest BCUT2D eigenvalue weighted by Gasteiger charge is 2.24. The molecule has 2 heterocycles. The summed E-state index contributed by atoms with van der Waals surface area (Å²) in [6.45, 7) is 4.09. The van der Waals surface area contributed by atoms with Crippen molar-refractivity contribution in [3.8, 4) is 11.5 Å². The van der Waals surface area contributed by atoms with Crippen LogP contribution in [0.15, 0.2) is 36.9 Å². The third kappa shape index (κ3) is 3.80. The van der Waals surface area contributed by atoms with Gasteiger partial charge in [-0.05, 0) is 19.1 Å². The SMILES string of the molecule is CCN(C[C@@H]1COc2ccccc2O1)C(=O)CCn1cncn1. The number of benzene rings is 1. The Bertz CT molecular complexity index is 645. The molecule has 23 heavy (non-hydrogen) atoms. The molecule has 0 bridgehead atoms. The number of hydrogen-bond donors (Lipinski definition) is 0. The van der Waals surface area contributed by atoms with Gasteiger partial charge in [0.05, 0.1) is 13.1 Å². The molecule has 0 saturated heterocycles. The summed E-state index contributed by atoms with van der Waals surface area (Å²) in [5, 5.41) is 4.00. The second kappa shape index (κ2) is 7.13. The second-order valence-corrected chi connectivity index (χ2v) is 5.34. The van der Waals surface area contributed by atoms with Gasteiger partial charge in [-0.25, -0.2) is 4.98 Å². The minimum Gasteiger partial charge on any atom is -0.486 e. The van der Waals surface area contributed by atoms with Crippen molar-refractivity contribution in [2.45, 2.75) is 26.0 Å². The maximum absolute atomic E-state index is 12.4. The van der Waals surface area contributed by atoms with Crippen LogP contribution in [0.1, 0.15) is 13.3 Å². The predicted molar refractivity (Wildman–Crippen MR) is 83.2 cm³/mol. The van der Waals surface area contributed by atoms with E-state index in [0.717, 1.165) is 11.5 Å². The van der Waals surface area contributed by atoms with Crippen molar-refractivity contribution in [1.82, 2.24) is 19.7 Å². The molecule has 7 heteroatoms. The predicted octanol–water partition coefficient (Wildman–Crippen LogP) is 1.36. The van der Waals surface area contributed by atoms with Crippen molar-refractivity contribution in [2.75, 3.05) is 19.7 Å². The minimum atomic E-state index is -0.153. The molecule has 1 aromatic carbocycles. The third-order valence-electron chi connectivity index (χ3n) is 3.75. The number of nitrogens with zero attached hydrogens (tertiary/aromatic N) is 4. The highest BCUT2D eigenvalue weighted by atomic mass is 16.6. The lowest BCUT2D eigenvalue weighted by atomic mass is 10.2. The fourth-order valence-electron chi connectivity index (χ4n) is 2.52. The van der Waals surface area contributed by atoms with E-state index < -0.39 is 0 Å². The number of aryl methyl sites for hydroxylation is 1. The largest absolute Gasteiger partial charge is 0.486 e. The van der Waals surface area contributed by atoms with Crippen molar-refractivity contribution in [1.29, 1.82) is 0 Å². The maximum Gasteiger partial charge on any atom is 0.224 e. The zero-order valence-electron chi connectivity index (χ0n) is 13.1. The molecule has 0 aliphatic carbocycles. The molecular formula is C16H20N4O3. The van der Waals surface area contributed by atoms with Gasteiger partial charge in [-0.15, -0.1) is 0 Å². The number of amides is 1. The lowest BCUT2D eigenvalue weighted by Gasteiger charge is -2.31. The molecule has 0 fully saturated rings. The number of carbonyl (C=O) groups is 1. The first-order valence-corrected chi connectivity index (χ1v) is 7.75. The molecule has 2 aromatic rings. The van der Waals surface area contributed by atoms with E-state index in [1.54, 1.807) is 15.9 Å². The van der Waals surface area contributed by atoms with Crippen molar-refractivity contribution >= 4 is 5.91 Å². The first-order valence-electron chi connectivity index (χ1n) is 7.75. The standard InChI is InChI=1S/C16H20N4O3/c1-2-19(16(21)7-8-20-12-17-11-18-20)9-13-10-22-14-5-3-4-6-15(14)23-13/h3-6,11-13H,2,7-10H2,1H3/t13-/m1/s1. The van der Waals surface area contributed by atoms with Crippen LogP contribution in [0.3, 0.4) is 0 Å². The Morgan fingerprint density at radius 1 is 1.39 bits per heavy atom. The van der Waals surface area contributed by atoms with E-state index in [0.29, 0.717) is 32.7 Å². The Kier molecular flexibility index (Phi) is 4.75. The number of rotatable bonds is 6. The van der Waals surface area contributed by atoms with Gasteiger partial charge >= 0.3 is 0 Å². The van der Waals surface area contributed by atoms with E-state index in [4.69, 9.17) is 9.47 Å². The molecule has 0 N–H and O–H groups in total. The molecule has 1 aliphatic rings. The first kappa shape index (κ1) is 15.3. The van der Waals surface area contributed by atoms with Crippen LogP contribution in [0.4, 0.5) is 0 Å². The summed E-state index contributed by atoms with van der Waals surface area (Å²) in [4.78, 5) is 18.0. The van der Waals surface area contributed by atoms with E-state index in [1.165, 1.54) is 6.33 Å². The van der Waals surface area contributed by atoms with E-state index in [-0.39, 0.29) is 12.0 Å². The number of aromatic nitrogens is 3. The Labute approximate surface area is 134 Å². The van der Waals surface area contributed by atoms with Crippen LogP contribution in [-0.2, 0) is 11.3 Å². The Morgan fingerprint density at radius 2 is 2.22 bits per heavy atom. The molecule has 122 valence electrons. The van der Waals surface area contributed by atoms with Crippen molar-refractivity contribution < 1.29 is 14.3 Å². The average molecular weight is 316 g/mol. The number of ether oxygens (including phenoxy) is 2. The molecule has 0 spiro atoms. The number of para-hydroxylation sites is 2. The maximum atomic E-state index is 12.4. The molecule has 1 aromatic heterocycles. The van der Waals surface area contributed by atoms with Crippen LogP contribution in [0.5, 0.6) is 11.5 Å². The van der Waals surface area contributed by atoms with Crippen LogP contribution >= 0.6 is 0 Å². The molecule has 0 saturated carbocycles. The minimum absolute atomic E-state index is 0.0745. The summed E-state index contributed by atoms with van der Waals surface area (Å²) in [6, 6.07) is 7.58. The molecule has 1 aliphatic heterocycles. The fourth-order valence-corrected chi connectivity index (χ4v) is 2.52. The Morgan fingerprint density at radius 3 is 2.96 bits per heavy atom. The lowest BCUT2D eigenvalue weighted by Crippen LogP contribution is -2.43. The van der Waals surface area contributed by atoms with E-state index >= 15 is 0 Å². The van der Waals surface area contributed by atoms with Crippen LogP contribution in [0.25, 0.3) is 0 Å². The van der Waals surface area contributed by atoms with Gasteiger partial charge in [-0.1, -0.05) is 12.1 Å². The number of fused-ring (bicyclic) bond motifs is 1. The van der Waals surface area contributed by atoms with E-state index in [9.17, 15) is 4.79 Å². The smallest absolute Gasteiger partial charge is 0.224 e. The summed E-state index contributed by atoms with van der Waals surface area (Å²) in [7, 11) is 0. The van der Waals surface area contributed by atoms with E-state index in [2.05, 4.69) is 10.1 Å². The summed E-state index contributed by atoms with van der Waals surface area (Å²) in [5.41, 5.74) is 0. The topological polar surface area (TPSA) is 69.5 Å². The fraction of sp³-hybridized carbons (Fsp3) is 0.438. The van der Waals surface area contributed by atoms with Crippen molar-refractivity contribution in [3.05, 3.63) is 36.9 Å². The van der Waals surface area contributed by atoms with Crippen LogP contribution < -0.4 is 9.47 Å². The third-order valence-corrected chi connectivity index (χ3v) is 3.75. The summed E-state index contributed by atoms with van der Waals surface area (Å²) in [5.74, 6) is 1.56.